The summed E-state index contributed by atoms with van der Waals surface area (Å²) < 4.78 is 0. The van der Waals surface area contributed by atoms with Gasteiger partial charge in [0.05, 0.1) is 0 Å². The molecule has 2 rings (SSSR count). The van der Waals surface area contributed by atoms with E-state index in [1.165, 1.54) is 12.0 Å². The zero-order valence-corrected chi connectivity index (χ0v) is 11.3. The van der Waals surface area contributed by atoms with Crippen LogP contribution in [-0.2, 0) is 6.42 Å². The molecule has 0 bridgehead atoms. The molecule has 2 unspecified atom stereocenters. The molecule has 2 atom stereocenters. The van der Waals surface area contributed by atoms with Gasteiger partial charge in [0.25, 0.3) is 0 Å². The van der Waals surface area contributed by atoms with Crippen molar-refractivity contribution in [2.75, 3.05) is 13.1 Å². The molecule has 16 heavy (non-hydrogen) atoms. The van der Waals surface area contributed by atoms with Gasteiger partial charge in [-0.25, -0.2) is 0 Å². The predicted molar refractivity (Wildman–Crippen MR) is 70.9 cm³/mol. The van der Waals surface area contributed by atoms with Crippen molar-refractivity contribution in [1.82, 2.24) is 4.90 Å². The quantitative estimate of drug-likeness (QED) is 0.877. The maximum Gasteiger partial charge on any atom is 0.0336 e. The van der Waals surface area contributed by atoms with E-state index in [9.17, 15) is 0 Å². The van der Waals surface area contributed by atoms with Gasteiger partial charge in [-0.1, -0.05) is 6.92 Å². The average Bonchev–Trinajstić information content (AvgIpc) is 2.77. The van der Waals surface area contributed by atoms with E-state index >= 15 is 0 Å². The van der Waals surface area contributed by atoms with Gasteiger partial charge in [0.2, 0.25) is 0 Å². The second-order valence-corrected chi connectivity index (χ2v) is 5.97. The summed E-state index contributed by atoms with van der Waals surface area (Å²) >= 11 is 1.90. The van der Waals surface area contributed by atoms with Crippen LogP contribution in [0.3, 0.4) is 0 Å². The third-order valence-corrected chi connectivity index (χ3v) is 5.17. The van der Waals surface area contributed by atoms with Crippen LogP contribution in [0, 0.1) is 0 Å². The van der Waals surface area contributed by atoms with Gasteiger partial charge in [0.1, 0.15) is 0 Å². The van der Waals surface area contributed by atoms with Gasteiger partial charge in [-0.05, 0) is 43.7 Å². The molecule has 0 amide bonds. The van der Waals surface area contributed by atoms with Crippen molar-refractivity contribution in [3.05, 3.63) is 21.9 Å². The van der Waals surface area contributed by atoms with Crippen LogP contribution in [0.15, 0.2) is 11.4 Å². The summed E-state index contributed by atoms with van der Waals surface area (Å²) in [6.07, 6.45) is 2.31. The summed E-state index contributed by atoms with van der Waals surface area (Å²) in [5.74, 6) is 0. The highest BCUT2D eigenvalue weighted by molar-refractivity contribution is 7.10. The van der Waals surface area contributed by atoms with Crippen molar-refractivity contribution in [3.63, 3.8) is 0 Å². The van der Waals surface area contributed by atoms with Gasteiger partial charge >= 0.3 is 0 Å². The molecule has 2 N–H and O–H groups in total. The Morgan fingerprint density at radius 1 is 1.62 bits per heavy atom. The highest BCUT2D eigenvalue weighted by Crippen LogP contribution is 2.37. The van der Waals surface area contributed by atoms with Crippen LogP contribution in [0.1, 0.15) is 43.7 Å². The zero-order chi connectivity index (χ0) is 11.8. The molecule has 2 heterocycles. The first kappa shape index (κ1) is 12.1. The standard InChI is InChI=1S/C13H22N2S/c1-4-13(3,9-14)15-7-5-12-11(10(15)2)6-8-16-12/h6,8,10H,4-5,7,9,14H2,1-3H3. The van der Waals surface area contributed by atoms with Crippen molar-refractivity contribution < 1.29 is 0 Å². The minimum Gasteiger partial charge on any atom is -0.329 e. The van der Waals surface area contributed by atoms with Crippen molar-refractivity contribution in [1.29, 1.82) is 0 Å². The normalized spacial score (nSPS) is 25.1. The summed E-state index contributed by atoms with van der Waals surface area (Å²) in [6.45, 7) is 8.74. The Morgan fingerprint density at radius 2 is 2.38 bits per heavy atom. The smallest absolute Gasteiger partial charge is 0.0336 e. The third kappa shape index (κ3) is 1.81. The zero-order valence-electron chi connectivity index (χ0n) is 10.5. The largest absolute Gasteiger partial charge is 0.329 e. The van der Waals surface area contributed by atoms with E-state index in [0.29, 0.717) is 6.04 Å². The fourth-order valence-electron chi connectivity index (χ4n) is 2.71. The van der Waals surface area contributed by atoms with Crippen molar-refractivity contribution in [3.8, 4) is 0 Å². The molecule has 0 fully saturated rings. The maximum absolute atomic E-state index is 5.97. The number of hydrogen-bond acceptors (Lipinski definition) is 3. The minimum atomic E-state index is 0.152. The van der Waals surface area contributed by atoms with Crippen molar-refractivity contribution >= 4 is 11.3 Å². The Hall–Kier alpha value is -0.380. The average molecular weight is 238 g/mol. The lowest BCUT2D eigenvalue weighted by molar-refractivity contribution is 0.0582. The number of nitrogens with two attached hydrogens (primary N) is 1. The van der Waals surface area contributed by atoms with Gasteiger partial charge < -0.3 is 5.73 Å². The number of thiophene rings is 1. The topological polar surface area (TPSA) is 29.3 Å². The first-order chi connectivity index (χ1) is 7.62. The first-order valence-corrected chi connectivity index (χ1v) is 7.03. The lowest BCUT2D eigenvalue weighted by atomic mass is 9.90. The summed E-state index contributed by atoms with van der Waals surface area (Å²) in [5.41, 5.74) is 7.64. The molecular formula is C13H22N2S. The SMILES string of the molecule is CCC(C)(CN)N1CCc2sccc2C1C. The van der Waals surface area contributed by atoms with Crippen molar-refractivity contribution in [2.24, 2.45) is 5.73 Å². The van der Waals surface area contributed by atoms with Gasteiger partial charge in [-0.2, -0.15) is 0 Å². The van der Waals surface area contributed by atoms with Crippen LogP contribution in [0.2, 0.25) is 0 Å². The number of rotatable bonds is 3. The molecule has 1 aromatic rings. The number of nitrogens with zero attached hydrogens (tertiary/aromatic N) is 1. The van der Waals surface area contributed by atoms with Crippen LogP contribution in [0.25, 0.3) is 0 Å². The molecule has 0 aromatic carbocycles. The Morgan fingerprint density at radius 3 is 3.00 bits per heavy atom. The van der Waals surface area contributed by atoms with E-state index in [1.807, 2.05) is 11.3 Å². The fraction of sp³-hybridized carbons (Fsp3) is 0.692. The molecule has 0 saturated heterocycles. The van der Waals surface area contributed by atoms with E-state index in [2.05, 4.69) is 37.1 Å². The van der Waals surface area contributed by atoms with Crippen LogP contribution in [0.5, 0.6) is 0 Å². The molecule has 1 aromatic heterocycles. The lowest BCUT2D eigenvalue weighted by Gasteiger charge is -2.46. The summed E-state index contributed by atoms with van der Waals surface area (Å²) in [4.78, 5) is 4.15. The molecule has 2 nitrogen and oxygen atoms in total. The Balaban J connectivity index is 2.27. The molecule has 0 spiro atoms. The highest BCUT2D eigenvalue weighted by Gasteiger charge is 2.36. The van der Waals surface area contributed by atoms with E-state index < -0.39 is 0 Å². The minimum absolute atomic E-state index is 0.152. The molecule has 1 aliphatic rings. The van der Waals surface area contributed by atoms with Crippen molar-refractivity contribution in [2.45, 2.75) is 45.2 Å². The second kappa shape index (κ2) is 4.47. The van der Waals surface area contributed by atoms with Crippen LogP contribution >= 0.6 is 11.3 Å². The predicted octanol–water partition coefficient (Wildman–Crippen LogP) is 2.79. The Bertz CT molecular complexity index is 355. The summed E-state index contributed by atoms with van der Waals surface area (Å²) in [5, 5.41) is 2.22. The van der Waals surface area contributed by atoms with Gasteiger partial charge in [-0.3, -0.25) is 4.90 Å². The molecule has 3 heteroatoms. The summed E-state index contributed by atoms with van der Waals surface area (Å²) in [6, 6.07) is 2.80. The molecule has 0 saturated carbocycles. The monoisotopic (exact) mass is 238 g/mol. The van der Waals surface area contributed by atoms with E-state index in [4.69, 9.17) is 5.73 Å². The molecule has 1 aliphatic heterocycles. The number of fused-ring (bicyclic) bond motifs is 1. The number of hydrogen-bond donors (Lipinski definition) is 1. The Kier molecular flexibility index (Phi) is 3.38. The van der Waals surface area contributed by atoms with Gasteiger partial charge in [0.15, 0.2) is 0 Å². The van der Waals surface area contributed by atoms with E-state index in [1.54, 1.807) is 4.88 Å². The van der Waals surface area contributed by atoms with Gasteiger partial charge in [-0.15, -0.1) is 11.3 Å². The molecule has 0 aliphatic carbocycles. The van der Waals surface area contributed by atoms with Crippen LogP contribution in [-0.4, -0.2) is 23.5 Å². The summed E-state index contributed by atoms with van der Waals surface area (Å²) in [7, 11) is 0. The van der Waals surface area contributed by atoms with Crippen LogP contribution < -0.4 is 5.73 Å². The first-order valence-electron chi connectivity index (χ1n) is 6.15. The molecule has 90 valence electrons. The molecular weight excluding hydrogens is 216 g/mol. The highest BCUT2D eigenvalue weighted by atomic mass is 32.1. The Labute approximate surface area is 102 Å². The van der Waals surface area contributed by atoms with E-state index in [-0.39, 0.29) is 5.54 Å². The van der Waals surface area contributed by atoms with Gasteiger partial charge in [0, 0.05) is 29.5 Å². The van der Waals surface area contributed by atoms with Crippen LogP contribution in [0.4, 0.5) is 0 Å². The van der Waals surface area contributed by atoms with E-state index in [0.717, 1.165) is 19.5 Å². The second-order valence-electron chi connectivity index (χ2n) is 4.97. The lowest BCUT2D eigenvalue weighted by Crippen LogP contribution is -2.54. The fourth-order valence-corrected chi connectivity index (χ4v) is 3.67. The molecule has 0 radical (unpaired) electrons. The maximum atomic E-state index is 5.97. The third-order valence-electron chi connectivity index (χ3n) is 4.17.